The van der Waals surface area contributed by atoms with Gasteiger partial charge in [-0.25, -0.2) is 0 Å². The van der Waals surface area contributed by atoms with Gasteiger partial charge in [0.25, 0.3) is 0 Å². The number of rotatable bonds is 3. The summed E-state index contributed by atoms with van der Waals surface area (Å²) >= 11 is 11.8. The van der Waals surface area contributed by atoms with Crippen molar-refractivity contribution in [2.45, 2.75) is 6.92 Å². The van der Waals surface area contributed by atoms with Crippen LogP contribution in [-0.2, 0) is 4.79 Å². The standard InChI is InChI=1S/C14H11Cl2NO2/c1-9(18)17-11-3-5-12(6-4-11)19-14-7-2-10(15)8-13(14)16/h2-8H,1H3,(H,17,18). The number of benzene rings is 2. The van der Waals surface area contributed by atoms with Gasteiger partial charge in [0.2, 0.25) is 5.91 Å². The van der Waals surface area contributed by atoms with Crippen molar-refractivity contribution >= 4 is 34.8 Å². The highest BCUT2D eigenvalue weighted by molar-refractivity contribution is 6.35. The molecule has 0 spiro atoms. The lowest BCUT2D eigenvalue weighted by Crippen LogP contribution is -2.05. The fraction of sp³-hybridized carbons (Fsp3) is 0.0714. The van der Waals surface area contributed by atoms with E-state index in [1.165, 1.54) is 6.92 Å². The molecule has 0 saturated carbocycles. The van der Waals surface area contributed by atoms with E-state index in [-0.39, 0.29) is 5.91 Å². The lowest BCUT2D eigenvalue weighted by Gasteiger charge is -2.08. The molecule has 0 aromatic heterocycles. The van der Waals surface area contributed by atoms with Crippen LogP contribution in [-0.4, -0.2) is 5.91 Å². The van der Waals surface area contributed by atoms with E-state index in [4.69, 9.17) is 27.9 Å². The van der Waals surface area contributed by atoms with Crippen LogP contribution in [0.4, 0.5) is 5.69 Å². The fourth-order valence-electron chi connectivity index (χ4n) is 1.49. The highest BCUT2D eigenvalue weighted by atomic mass is 35.5. The van der Waals surface area contributed by atoms with Crippen LogP contribution in [0.3, 0.4) is 0 Å². The molecule has 0 radical (unpaired) electrons. The molecular formula is C14H11Cl2NO2. The number of anilines is 1. The van der Waals surface area contributed by atoms with Crippen molar-refractivity contribution < 1.29 is 9.53 Å². The van der Waals surface area contributed by atoms with Crippen molar-refractivity contribution in [3.8, 4) is 11.5 Å². The number of amides is 1. The van der Waals surface area contributed by atoms with Crippen molar-refractivity contribution in [1.82, 2.24) is 0 Å². The van der Waals surface area contributed by atoms with Gasteiger partial charge in [0.15, 0.2) is 0 Å². The van der Waals surface area contributed by atoms with Crippen molar-refractivity contribution in [3.63, 3.8) is 0 Å². The first-order valence-corrected chi connectivity index (χ1v) is 6.31. The third-order valence-corrected chi connectivity index (χ3v) is 2.83. The van der Waals surface area contributed by atoms with Crippen LogP contribution in [0.15, 0.2) is 42.5 Å². The molecule has 0 bridgehead atoms. The van der Waals surface area contributed by atoms with E-state index in [1.54, 1.807) is 42.5 Å². The Morgan fingerprint density at radius 1 is 1.11 bits per heavy atom. The van der Waals surface area contributed by atoms with Crippen molar-refractivity contribution in [1.29, 1.82) is 0 Å². The summed E-state index contributed by atoms with van der Waals surface area (Å²) in [5, 5.41) is 3.67. The molecule has 2 aromatic carbocycles. The Balaban J connectivity index is 2.13. The zero-order valence-corrected chi connectivity index (χ0v) is 11.6. The Morgan fingerprint density at radius 3 is 2.37 bits per heavy atom. The summed E-state index contributed by atoms with van der Waals surface area (Å²) in [6, 6.07) is 12.0. The van der Waals surface area contributed by atoms with E-state index >= 15 is 0 Å². The van der Waals surface area contributed by atoms with Crippen LogP contribution in [0.1, 0.15) is 6.92 Å². The Kier molecular flexibility index (Phi) is 4.30. The molecule has 0 saturated heterocycles. The number of ether oxygens (including phenoxy) is 1. The number of carbonyl (C=O) groups excluding carboxylic acids is 1. The first kappa shape index (κ1) is 13.7. The largest absolute Gasteiger partial charge is 0.456 e. The minimum absolute atomic E-state index is 0.116. The van der Waals surface area contributed by atoms with Crippen LogP contribution >= 0.6 is 23.2 Å². The second-order valence-corrected chi connectivity index (χ2v) is 4.73. The van der Waals surface area contributed by atoms with Gasteiger partial charge in [0.1, 0.15) is 11.5 Å². The minimum atomic E-state index is -0.116. The van der Waals surface area contributed by atoms with Gasteiger partial charge in [0, 0.05) is 17.6 Å². The van der Waals surface area contributed by atoms with E-state index in [0.717, 1.165) is 0 Å². The molecule has 0 aliphatic carbocycles. The summed E-state index contributed by atoms with van der Waals surface area (Å²) < 4.78 is 5.62. The van der Waals surface area contributed by atoms with Gasteiger partial charge in [-0.2, -0.15) is 0 Å². The van der Waals surface area contributed by atoms with Gasteiger partial charge in [-0.05, 0) is 42.5 Å². The van der Waals surface area contributed by atoms with Crippen molar-refractivity contribution in [3.05, 3.63) is 52.5 Å². The molecule has 0 atom stereocenters. The highest BCUT2D eigenvalue weighted by Crippen LogP contribution is 2.31. The number of hydrogen-bond donors (Lipinski definition) is 1. The SMILES string of the molecule is CC(=O)Nc1ccc(Oc2ccc(Cl)cc2Cl)cc1. The molecule has 0 unspecified atom stereocenters. The number of halogens is 2. The minimum Gasteiger partial charge on any atom is -0.456 e. The molecule has 1 amide bonds. The van der Waals surface area contributed by atoms with Gasteiger partial charge < -0.3 is 10.1 Å². The van der Waals surface area contributed by atoms with E-state index < -0.39 is 0 Å². The zero-order chi connectivity index (χ0) is 13.8. The average molecular weight is 296 g/mol. The third kappa shape index (κ3) is 3.88. The van der Waals surface area contributed by atoms with Gasteiger partial charge in [-0.15, -0.1) is 0 Å². The summed E-state index contributed by atoms with van der Waals surface area (Å²) in [6.45, 7) is 1.46. The second kappa shape index (κ2) is 5.95. The maximum Gasteiger partial charge on any atom is 0.221 e. The second-order valence-electron chi connectivity index (χ2n) is 3.88. The summed E-state index contributed by atoms with van der Waals surface area (Å²) in [6.07, 6.45) is 0. The predicted octanol–water partition coefficient (Wildman–Crippen LogP) is 4.74. The number of hydrogen-bond acceptors (Lipinski definition) is 2. The maximum atomic E-state index is 10.9. The summed E-state index contributed by atoms with van der Waals surface area (Å²) in [5.41, 5.74) is 0.710. The van der Waals surface area contributed by atoms with Crippen LogP contribution in [0, 0.1) is 0 Å². The molecule has 0 aliphatic rings. The topological polar surface area (TPSA) is 38.3 Å². The molecule has 19 heavy (non-hydrogen) atoms. The van der Waals surface area contributed by atoms with E-state index in [1.807, 2.05) is 0 Å². The van der Waals surface area contributed by atoms with Crippen LogP contribution in [0.2, 0.25) is 10.0 Å². The van der Waals surface area contributed by atoms with Crippen LogP contribution in [0.25, 0.3) is 0 Å². The van der Waals surface area contributed by atoms with Gasteiger partial charge in [-0.1, -0.05) is 23.2 Å². The average Bonchev–Trinajstić information content (AvgIpc) is 2.34. The molecule has 0 fully saturated rings. The van der Waals surface area contributed by atoms with E-state index in [0.29, 0.717) is 27.2 Å². The molecular weight excluding hydrogens is 285 g/mol. The Morgan fingerprint density at radius 2 is 1.79 bits per heavy atom. The Labute approximate surface area is 121 Å². The predicted molar refractivity (Wildman–Crippen MR) is 77.3 cm³/mol. The summed E-state index contributed by atoms with van der Waals surface area (Å²) in [5.74, 6) is 1.03. The lowest BCUT2D eigenvalue weighted by molar-refractivity contribution is -0.114. The fourth-order valence-corrected chi connectivity index (χ4v) is 1.94. The zero-order valence-electron chi connectivity index (χ0n) is 10.1. The molecule has 3 nitrogen and oxygen atoms in total. The summed E-state index contributed by atoms with van der Waals surface area (Å²) in [4.78, 5) is 10.9. The summed E-state index contributed by atoms with van der Waals surface area (Å²) in [7, 11) is 0. The monoisotopic (exact) mass is 295 g/mol. The third-order valence-electron chi connectivity index (χ3n) is 2.30. The molecule has 0 heterocycles. The molecule has 2 rings (SSSR count). The normalized spacial score (nSPS) is 10.1. The maximum absolute atomic E-state index is 10.9. The van der Waals surface area contributed by atoms with Gasteiger partial charge in [-0.3, -0.25) is 4.79 Å². The van der Waals surface area contributed by atoms with Crippen molar-refractivity contribution in [2.24, 2.45) is 0 Å². The smallest absolute Gasteiger partial charge is 0.221 e. The van der Waals surface area contributed by atoms with E-state index in [2.05, 4.69) is 5.32 Å². The number of carbonyl (C=O) groups is 1. The van der Waals surface area contributed by atoms with Crippen LogP contribution in [0.5, 0.6) is 11.5 Å². The van der Waals surface area contributed by atoms with E-state index in [9.17, 15) is 4.79 Å². The Hall–Kier alpha value is -1.71. The molecule has 98 valence electrons. The quantitative estimate of drug-likeness (QED) is 0.888. The van der Waals surface area contributed by atoms with Crippen molar-refractivity contribution in [2.75, 3.05) is 5.32 Å². The highest BCUT2D eigenvalue weighted by Gasteiger charge is 2.04. The first-order chi connectivity index (χ1) is 9.04. The van der Waals surface area contributed by atoms with Crippen LogP contribution < -0.4 is 10.1 Å². The van der Waals surface area contributed by atoms with Gasteiger partial charge in [0.05, 0.1) is 5.02 Å². The van der Waals surface area contributed by atoms with Gasteiger partial charge >= 0.3 is 0 Å². The molecule has 5 heteroatoms. The number of nitrogens with one attached hydrogen (secondary N) is 1. The molecule has 2 aromatic rings. The molecule has 0 aliphatic heterocycles. The first-order valence-electron chi connectivity index (χ1n) is 5.55. The molecule has 1 N–H and O–H groups in total. The Bertz CT molecular complexity index is 597. The lowest BCUT2D eigenvalue weighted by atomic mass is 10.3.